The molecule has 0 radical (unpaired) electrons. The van der Waals surface area contributed by atoms with Crippen molar-refractivity contribution in [2.45, 2.75) is 59.7 Å². The summed E-state index contributed by atoms with van der Waals surface area (Å²) in [6.07, 6.45) is -0.567. The molecule has 1 fully saturated rings. The average molecular weight is 214 g/mol. The van der Waals surface area contributed by atoms with Crippen LogP contribution in [0.2, 0.25) is 0 Å². The Labute approximate surface area is 92.1 Å². The molecule has 1 saturated heterocycles. The van der Waals surface area contributed by atoms with E-state index in [1.165, 1.54) is 0 Å². The summed E-state index contributed by atoms with van der Waals surface area (Å²) in [6, 6.07) is 0. The van der Waals surface area contributed by atoms with Crippen LogP contribution in [0.25, 0.3) is 0 Å². The SMILES string of the molecule is CC1C(C)(C)OC(=O)OC(C)(C)C1(C)C. The average Bonchev–Trinajstić information content (AvgIpc) is 2.01. The highest BCUT2D eigenvalue weighted by Crippen LogP contribution is 2.48. The molecule has 0 aliphatic carbocycles. The van der Waals surface area contributed by atoms with Gasteiger partial charge in [0.15, 0.2) is 0 Å². The zero-order valence-corrected chi connectivity index (χ0v) is 10.8. The fraction of sp³-hybridized carbons (Fsp3) is 0.917. The van der Waals surface area contributed by atoms with Crippen molar-refractivity contribution in [2.24, 2.45) is 11.3 Å². The van der Waals surface area contributed by atoms with Crippen LogP contribution in [0.1, 0.15) is 48.5 Å². The number of rotatable bonds is 0. The minimum Gasteiger partial charge on any atom is -0.428 e. The molecule has 0 saturated carbocycles. The lowest BCUT2D eigenvalue weighted by molar-refractivity contribution is -0.0650. The zero-order valence-electron chi connectivity index (χ0n) is 10.8. The van der Waals surface area contributed by atoms with E-state index in [0.717, 1.165) is 0 Å². The van der Waals surface area contributed by atoms with Crippen LogP contribution in [0.15, 0.2) is 0 Å². The molecular formula is C12H22O3. The van der Waals surface area contributed by atoms with Crippen molar-refractivity contribution in [3.05, 3.63) is 0 Å². The Kier molecular flexibility index (Phi) is 2.57. The van der Waals surface area contributed by atoms with Crippen molar-refractivity contribution >= 4 is 6.16 Å². The van der Waals surface area contributed by atoms with Crippen LogP contribution in [-0.2, 0) is 9.47 Å². The Morgan fingerprint density at radius 2 is 1.47 bits per heavy atom. The predicted octanol–water partition coefficient (Wildman–Crippen LogP) is 3.37. The van der Waals surface area contributed by atoms with Crippen molar-refractivity contribution in [3.63, 3.8) is 0 Å². The third kappa shape index (κ3) is 1.84. The summed E-state index contributed by atoms with van der Waals surface area (Å²) in [5.41, 5.74) is -1.14. The molecule has 0 bridgehead atoms. The van der Waals surface area contributed by atoms with E-state index in [1.54, 1.807) is 0 Å². The van der Waals surface area contributed by atoms with E-state index in [4.69, 9.17) is 9.47 Å². The first-order valence-corrected chi connectivity index (χ1v) is 5.43. The van der Waals surface area contributed by atoms with Gasteiger partial charge in [0.2, 0.25) is 0 Å². The zero-order chi connectivity index (χ0) is 12.1. The predicted molar refractivity (Wildman–Crippen MR) is 58.7 cm³/mol. The highest BCUT2D eigenvalue weighted by Gasteiger charge is 2.53. The smallest absolute Gasteiger partial charge is 0.428 e. The summed E-state index contributed by atoms with van der Waals surface area (Å²) < 4.78 is 10.7. The van der Waals surface area contributed by atoms with E-state index in [9.17, 15) is 4.79 Å². The maximum absolute atomic E-state index is 11.5. The Hall–Kier alpha value is -0.730. The lowest BCUT2D eigenvalue weighted by Gasteiger charge is -2.45. The molecule has 0 aromatic heterocycles. The lowest BCUT2D eigenvalue weighted by atomic mass is 9.63. The van der Waals surface area contributed by atoms with Crippen molar-refractivity contribution in [1.29, 1.82) is 0 Å². The van der Waals surface area contributed by atoms with E-state index >= 15 is 0 Å². The van der Waals surface area contributed by atoms with Gasteiger partial charge in [-0.15, -0.1) is 0 Å². The van der Waals surface area contributed by atoms with Crippen LogP contribution < -0.4 is 0 Å². The summed E-state index contributed by atoms with van der Waals surface area (Å²) in [5, 5.41) is 0. The first-order valence-electron chi connectivity index (χ1n) is 5.43. The highest BCUT2D eigenvalue weighted by molar-refractivity contribution is 5.62. The molecule has 0 spiro atoms. The van der Waals surface area contributed by atoms with Gasteiger partial charge in [0.05, 0.1) is 0 Å². The molecule has 1 aliphatic rings. The third-order valence-corrected chi connectivity index (χ3v) is 4.36. The molecule has 15 heavy (non-hydrogen) atoms. The Morgan fingerprint density at radius 1 is 1.00 bits per heavy atom. The maximum atomic E-state index is 11.5. The molecule has 0 amide bonds. The molecule has 1 rings (SSSR count). The maximum Gasteiger partial charge on any atom is 0.509 e. The van der Waals surface area contributed by atoms with Gasteiger partial charge >= 0.3 is 6.16 Å². The molecular weight excluding hydrogens is 192 g/mol. The van der Waals surface area contributed by atoms with Gasteiger partial charge in [-0.05, 0) is 27.7 Å². The van der Waals surface area contributed by atoms with Gasteiger partial charge in [-0.25, -0.2) is 4.79 Å². The second kappa shape index (κ2) is 3.13. The van der Waals surface area contributed by atoms with E-state index < -0.39 is 17.4 Å². The highest BCUT2D eigenvalue weighted by atomic mass is 16.7. The normalized spacial score (nSPS) is 32.5. The summed E-state index contributed by atoms with van der Waals surface area (Å²) >= 11 is 0. The summed E-state index contributed by atoms with van der Waals surface area (Å²) in [7, 11) is 0. The molecule has 1 atom stereocenters. The molecule has 0 N–H and O–H groups in total. The molecule has 3 nitrogen and oxygen atoms in total. The molecule has 88 valence electrons. The number of hydrogen-bond acceptors (Lipinski definition) is 3. The second-order valence-corrected chi connectivity index (χ2v) is 6.01. The first kappa shape index (κ1) is 12.3. The Balaban J connectivity index is 3.20. The minimum atomic E-state index is -0.567. The topological polar surface area (TPSA) is 35.5 Å². The van der Waals surface area contributed by atoms with Crippen molar-refractivity contribution < 1.29 is 14.3 Å². The van der Waals surface area contributed by atoms with Gasteiger partial charge < -0.3 is 9.47 Å². The molecule has 0 aromatic rings. The van der Waals surface area contributed by atoms with Crippen LogP contribution >= 0.6 is 0 Å². The monoisotopic (exact) mass is 214 g/mol. The molecule has 3 heteroatoms. The van der Waals surface area contributed by atoms with Gasteiger partial charge in [0.25, 0.3) is 0 Å². The fourth-order valence-corrected chi connectivity index (χ4v) is 2.05. The Morgan fingerprint density at radius 3 is 1.93 bits per heavy atom. The molecule has 0 aromatic carbocycles. The van der Waals surface area contributed by atoms with Crippen molar-refractivity contribution in [1.82, 2.24) is 0 Å². The number of hydrogen-bond donors (Lipinski definition) is 0. The third-order valence-electron chi connectivity index (χ3n) is 4.36. The van der Waals surface area contributed by atoms with Gasteiger partial charge in [-0.2, -0.15) is 0 Å². The number of carbonyl (C=O) groups excluding carboxylic acids is 1. The van der Waals surface area contributed by atoms with Crippen LogP contribution in [0.4, 0.5) is 4.79 Å². The summed E-state index contributed by atoms with van der Waals surface area (Å²) in [6.45, 7) is 14.1. The van der Waals surface area contributed by atoms with E-state index in [2.05, 4.69) is 20.8 Å². The molecule has 1 aliphatic heterocycles. The van der Waals surface area contributed by atoms with Gasteiger partial charge in [-0.1, -0.05) is 20.8 Å². The molecule has 1 unspecified atom stereocenters. The van der Waals surface area contributed by atoms with E-state index in [-0.39, 0.29) is 11.3 Å². The van der Waals surface area contributed by atoms with Gasteiger partial charge in [-0.3, -0.25) is 0 Å². The quantitative estimate of drug-likeness (QED) is 0.580. The number of cyclic esters (lactones) is 2. The Bertz CT molecular complexity index is 277. The second-order valence-electron chi connectivity index (χ2n) is 6.01. The number of carbonyl (C=O) groups is 1. The van der Waals surface area contributed by atoms with Crippen LogP contribution in [0.3, 0.4) is 0 Å². The first-order chi connectivity index (χ1) is 6.51. The van der Waals surface area contributed by atoms with Crippen LogP contribution in [-0.4, -0.2) is 17.4 Å². The number of ether oxygens (including phenoxy) is 2. The van der Waals surface area contributed by atoms with Crippen LogP contribution in [0, 0.1) is 11.3 Å². The van der Waals surface area contributed by atoms with E-state index in [0.29, 0.717) is 0 Å². The van der Waals surface area contributed by atoms with E-state index in [1.807, 2.05) is 27.7 Å². The standard InChI is InChI=1S/C12H22O3/c1-8-10(2,3)12(6,7)15-9(13)14-11(8,4)5/h8H,1-7H3. The van der Waals surface area contributed by atoms with Crippen molar-refractivity contribution in [2.75, 3.05) is 0 Å². The largest absolute Gasteiger partial charge is 0.509 e. The van der Waals surface area contributed by atoms with Crippen LogP contribution in [0.5, 0.6) is 0 Å². The summed E-state index contributed by atoms with van der Waals surface area (Å²) in [5.74, 6) is 0.214. The molecule has 1 heterocycles. The minimum absolute atomic E-state index is 0.136. The van der Waals surface area contributed by atoms with Crippen molar-refractivity contribution in [3.8, 4) is 0 Å². The summed E-state index contributed by atoms with van der Waals surface area (Å²) in [4.78, 5) is 11.5. The van der Waals surface area contributed by atoms with Gasteiger partial charge in [0, 0.05) is 11.3 Å². The fourth-order valence-electron chi connectivity index (χ4n) is 2.05. The lowest BCUT2D eigenvalue weighted by Crippen LogP contribution is -2.49. The van der Waals surface area contributed by atoms with Gasteiger partial charge in [0.1, 0.15) is 11.2 Å².